The van der Waals surface area contributed by atoms with Crippen LogP contribution in [-0.4, -0.2) is 47.9 Å². The highest BCUT2D eigenvalue weighted by Crippen LogP contribution is 2.29. The molecular formula is C12H15N3O7S. The van der Waals surface area contributed by atoms with Crippen molar-refractivity contribution in [1.82, 2.24) is 4.90 Å². The monoisotopic (exact) mass is 345 g/mol. The lowest BCUT2D eigenvalue weighted by Crippen LogP contribution is -2.35. The molecule has 11 heteroatoms. The molecule has 0 spiro atoms. The van der Waals surface area contributed by atoms with E-state index in [0.29, 0.717) is 19.2 Å². The summed E-state index contributed by atoms with van der Waals surface area (Å²) in [6.07, 6.45) is 0. The maximum atomic E-state index is 12.3. The minimum absolute atomic E-state index is 0.299. The fourth-order valence-electron chi connectivity index (χ4n) is 1.93. The Hall–Kier alpha value is -2.56. The van der Waals surface area contributed by atoms with Gasteiger partial charge in [-0.1, -0.05) is 0 Å². The van der Waals surface area contributed by atoms with Gasteiger partial charge in [0.15, 0.2) is 9.84 Å². The van der Waals surface area contributed by atoms with Crippen molar-refractivity contribution in [3.05, 3.63) is 38.4 Å². The van der Waals surface area contributed by atoms with Gasteiger partial charge >= 0.3 is 0 Å². The number of hydrogen-bond donors (Lipinski definition) is 0. The number of nitro benzene ring substituents is 2. The second-order valence-electron chi connectivity index (χ2n) is 4.49. The van der Waals surface area contributed by atoms with Crippen LogP contribution in [0.3, 0.4) is 0 Å². The first-order valence-corrected chi connectivity index (χ1v) is 8.22. The third-order valence-electron chi connectivity index (χ3n) is 3.11. The van der Waals surface area contributed by atoms with Gasteiger partial charge in [-0.05, 0) is 19.9 Å². The van der Waals surface area contributed by atoms with Crippen molar-refractivity contribution in [3.63, 3.8) is 0 Å². The van der Waals surface area contributed by atoms with E-state index in [4.69, 9.17) is 0 Å². The van der Waals surface area contributed by atoms with E-state index in [-0.39, 0.29) is 0 Å². The summed E-state index contributed by atoms with van der Waals surface area (Å²) in [7, 11) is -4.30. The molecule has 0 fully saturated rings. The molecule has 0 N–H and O–H groups in total. The maximum Gasteiger partial charge on any atom is 0.294 e. The predicted molar refractivity (Wildman–Crippen MR) is 79.7 cm³/mol. The molecule has 1 aromatic rings. The van der Waals surface area contributed by atoms with Gasteiger partial charge in [0.1, 0.15) is 10.6 Å². The Labute approximate surface area is 131 Å². The van der Waals surface area contributed by atoms with E-state index in [9.17, 15) is 33.4 Å². The fraction of sp³-hybridized carbons (Fsp3) is 0.417. The molecule has 126 valence electrons. The molecule has 0 bridgehead atoms. The minimum atomic E-state index is -4.30. The molecule has 0 aliphatic rings. The Morgan fingerprint density at radius 1 is 1.13 bits per heavy atom. The molecule has 0 aromatic heterocycles. The van der Waals surface area contributed by atoms with Crippen molar-refractivity contribution in [3.8, 4) is 0 Å². The molecule has 0 atom stereocenters. The summed E-state index contributed by atoms with van der Waals surface area (Å²) < 4.78 is 24.5. The van der Waals surface area contributed by atoms with Gasteiger partial charge in [-0.3, -0.25) is 25.0 Å². The predicted octanol–water partition coefficient (Wildman–Crippen LogP) is 1.15. The maximum absolute atomic E-state index is 12.3. The number of rotatable bonds is 7. The zero-order chi connectivity index (χ0) is 17.8. The Morgan fingerprint density at radius 3 is 2.13 bits per heavy atom. The Bertz CT molecular complexity index is 741. The molecule has 0 heterocycles. The highest BCUT2D eigenvalue weighted by Gasteiger charge is 2.31. The average molecular weight is 345 g/mol. The summed E-state index contributed by atoms with van der Waals surface area (Å²) in [5.74, 6) is -1.63. The van der Waals surface area contributed by atoms with Gasteiger partial charge in [0.2, 0.25) is 5.91 Å². The van der Waals surface area contributed by atoms with Gasteiger partial charge in [0.25, 0.3) is 11.4 Å². The van der Waals surface area contributed by atoms with Crippen LogP contribution in [0.25, 0.3) is 0 Å². The van der Waals surface area contributed by atoms with E-state index in [0.717, 1.165) is 12.1 Å². The van der Waals surface area contributed by atoms with Gasteiger partial charge in [0, 0.05) is 19.2 Å². The molecular weight excluding hydrogens is 330 g/mol. The zero-order valence-corrected chi connectivity index (χ0v) is 13.3. The number of sulfone groups is 1. The molecule has 0 saturated carbocycles. The van der Waals surface area contributed by atoms with E-state index in [2.05, 4.69) is 0 Å². The van der Waals surface area contributed by atoms with Crippen molar-refractivity contribution in [1.29, 1.82) is 0 Å². The molecule has 1 amide bonds. The van der Waals surface area contributed by atoms with Crippen molar-refractivity contribution >= 4 is 27.1 Å². The molecule has 10 nitrogen and oxygen atoms in total. The topological polar surface area (TPSA) is 141 Å². The third kappa shape index (κ3) is 4.22. The molecule has 0 aliphatic carbocycles. The Morgan fingerprint density at radius 2 is 1.70 bits per heavy atom. The summed E-state index contributed by atoms with van der Waals surface area (Å²) in [5, 5.41) is 21.7. The van der Waals surface area contributed by atoms with E-state index >= 15 is 0 Å². The van der Waals surface area contributed by atoms with Crippen molar-refractivity contribution < 1.29 is 23.1 Å². The van der Waals surface area contributed by atoms with Crippen LogP contribution in [0.4, 0.5) is 11.4 Å². The van der Waals surface area contributed by atoms with Crippen LogP contribution in [0.2, 0.25) is 0 Å². The number of benzene rings is 1. The number of carbonyl (C=O) groups is 1. The van der Waals surface area contributed by atoms with Gasteiger partial charge in [0.05, 0.1) is 15.9 Å². The summed E-state index contributed by atoms with van der Waals surface area (Å²) >= 11 is 0. The van der Waals surface area contributed by atoms with Gasteiger partial charge < -0.3 is 4.90 Å². The lowest BCUT2D eigenvalue weighted by Gasteiger charge is -2.18. The fourth-order valence-corrected chi connectivity index (χ4v) is 3.32. The smallest absolute Gasteiger partial charge is 0.294 e. The molecule has 23 heavy (non-hydrogen) atoms. The summed E-state index contributed by atoms with van der Waals surface area (Å²) in [4.78, 5) is 32.2. The van der Waals surface area contributed by atoms with Crippen LogP contribution in [0, 0.1) is 20.2 Å². The number of carbonyl (C=O) groups excluding carboxylic acids is 1. The standard InChI is InChI=1S/C12H15N3O7S/c1-3-13(4-2)12(16)8-23(21,22)11-6-5-9(14(17)18)7-10(11)15(19)20/h5-7H,3-4,8H2,1-2H3. The van der Waals surface area contributed by atoms with E-state index < -0.39 is 47.6 Å². The number of nitro groups is 2. The van der Waals surface area contributed by atoms with Gasteiger partial charge in [-0.25, -0.2) is 8.42 Å². The third-order valence-corrected chi connectivity index (χ3v) is 4.76. The second kappa shape index (κ2) is 7.13. The molecule has 1 aromatic carbocycles. The minimum Gasteiger partial charge on any atom is -0.342 e. The number of hydrogen-bond acceptors (Lipinski definition) is 7. The first kappa shape index (κ1) is 18.5. The van der Waals surface area contributed by atoms with Crippen LogP contribution in [0.15, 0.2) is 23.1 Å². The molecule has 0 unspecified atom stereocenters. The quantitative estimate of drug-likeness (QED) is 0.533. The Balaban J connectivity index is 3.30. The van der Waals surface area contributed by atoms with E-state index in [1.165, 1.54) is 4.90 Å². The van der Waals surface area contributed by atoms with Crippen molar-refractivity contribution in [2.75, 3.05) is 18.8 Å². The summed E-state index contributed by atoms with van der Waals surface area (Å²) in [5.41, 5.74) is -1.53. The number of non-ortho nitro benzene ring substituents is 1. The largest absolute Gasteiger partial charge is 0.342 e. The number of amides is 1. The first-order valence-electron chi connectivity index (χ1n) is 6.57. The van der Waals surface area contributed by atoms with Crippen LogP contribution >= 0.6 is 0 Å². The lowest BCUT2D eigenvalue weighted by molar-refractivity contribution is -0.396. The lowest BCUT2D eigenvalue weighted by atomic mass is 10.3. The van der Waals surface area contributed by atoms with Crippen LogP contribution in [0.1, 0.15) is 13.8 Å². The van der Waals surface area contributed by atoms with Crippen LogP contribution in [-0.2, 0) is 14.6 Å². The zero-order valence-electron chi connectivity index (χ0n) is 12.5. The second-order valence-corrected chi connectivity index (χ2v) is 6.45. The van der Waals surface area contributed by atoms with Crippen molar-refractivity contribution in [2.45, 2.75) is 18.7 Å². The summed E-state index contributed by atoms with van der Waals surface area (Å²) in [6.45, 7) is 3.94. The normalized spacial score (nSPS) is 11.0. The van der Waals surface area contributed by atoms with E-state index in [1.54, 1.807) is 13.8 Å². The molecule has 0 aliphatic heterocycles. The van der Waals surface area contributed by atoms with Crippen LogP contribution in [0.5, 0.6) is 0 Å². The SMILES string of the molecule is CCN(CC)C(=O)CS(=O)(=O)c1ccc([N+](=O)[O-])cc1[N+](=O)[O-]. The van der Waals surface area contributed by atoms with E-state index in [1.807, 2.05) is 0 Å². The highest BCUT2D eigenvalue weighted by molar-refractivity contribution is 7.92. The van der Waals surface area contributed by atoms with Crippen LogP contribution < -0.4 is 0 Å². The molecule has 1 rings (SSSR count). The molecule has 0 radical (unpaired) electrons. The Kier molecular flexibility index (Phi) is 5.73. The van der Waals surface area contributed by atoms with Gasteiger partial charge in [-0.2, -0.15) is 0 Å². The average Bonchev–Trinajstić information content (AvgIpc) is 2.47. The summed E-state index contributed by atoms with van der Waals surface area (Å²) in [6, 6.07) is 2.19. The first-order chi connectivity index (χ1) is 10.6. The van der Waals surface area contributed by atoms with Crippen molar-refractivity contribution in [2.24, 2.45) is 0 Å². The molecule has 0 saturated heterocycles. The highest BCUT2D eigenvalue weighted by atomic mass is 32.2. The van der Waals surface area contributed by atoms with Gasteiger partial charge in [-0.15, -0.1) is 0 Å². The number of nitrogens with zero attached hydrogens (tertiary/aromatic N) is 3.